The van der Waals surface area contributed by atoms with Crippen LogP contribution in [0, 0.1) is 17.1 Å². The molecule has 1 amide bonds. The minimum absolute atomic E-state index is 0.00193. The Morgan fingerprint density at radius 3 is 2.95 bits per heavy atom. The van der Waals surface area contributed by atoms with Crippen LogP contribution in [0.4, 0.5) is 4.39 Å². The maximum absolute atomic E-state index is 13.8. The van der Waals surface area contributed by atoms with Gasteiger partial charge in [0, 0.05) is 12.6 Å². The molecule has 0 radical (unpaired) electrons. The third-order valence-corrected chi connectivity index (χ3v) is 2.94. The van der Waals surface area contributed by atoms with Crippen LogP contribution in [0.25, 0.3) is 0 Å². The largest absolute Gasteiger partial charge is 0.481 e. The van der Waals surface area contributed by atoms with E-state index in [0.717, 1.165) is 12.0 Å². The highest BCUT2D eigenvalue weighted by atomic mass is 19.1. The third kappa shape index (κ3) is 6.23. The fraction of sp³-hybridized carbons (Fsp3) is 0.467. The molecule has 21 heavy (non-hydrogen) atoms. The van der Waals surface area contributed by atoms with E-state index in [0.29, 0.717) is 6.42 Å². The van der Waals surface area contributed by atoms with Crippen LogP contribution in [0.15, 0.2) is 18.2 Å². The van der Waals surface area contributed by atoms with Gasteiger partial charge in [-0.3, -0.25) is 4.79 Å². The minimum Gasteiger partial charge on any atom is -0.481 e. The van der Waals surface area contributed by atoms with Crippen molar-refractivity contribution in [2.75, 3.05) is 13.2 Å². The predicted octanol–water partition coefficient (Wildman–Crippen LogP) is 1.51. The summed E-state index contributed by atoms with van der Waals surface area (Å²) in [5, 5.41) is 10.8. The van der Waals surface area contributed by atoms with Gasteiger partial charge in [0.15, 0.2) is 18.2 Å². The number of nitrogens with two attached hydrogens (primary N) is 1. The molecule has 0 bridgehead atoms. The second-order valence-corrected chi connectivity index (χ2v) is 4.68. The Labute approximate surface area is 123 Å². The molecule has 0 fully saturated rings. The van der Waals surface area contributed by atoms with Crippen molar-refractivity contribution in [2.45, 2.75) is 32.2 Å². The summed E-state index contributed by atoms with van der Waals surface area (Å²) in [6, 6.07) is 6.52. The first-order valence-corrected chi connectivity index (χ1v) is 6.87. The van der Waals surface area contributed by atoms with E-state index in [1.807, 2.05) is 13.0 Å². The molecule has 1 atom stereocenters. The fourth-order valence-corrected chi connectivity index (χ4v) is 1.69. The number of rotatable bonds is 8. The first kappa shape index (κ1) is 16.9. The lowest BCUT2D eigenvalue weighted by atomic mass is 10.0. The number of hydrogen-bond acceptors (Lipinski definition) is 4. The molecule has 1 aromatic rings. The molecule has 0 aromatic heterocycles. The summed E-state index contributed by atoms with van der Waals surface area (Å²) in [5.41, 5.74) is 6.62. The number of carbonyl (C=O) groups is 1. The van der Waals surface area contributed by atoms with Crippen LogP contribution in [0.1, 0.15) is 25.3 Å². The van der Waals surface area contributed by atoms with Gasteiger partial charge >= 0.3 is 0 Å². The van der Waals surface area contributed by atoms with Gasteiger partial charge in [-0.05, 0) is 30.5 Å². The zero-order chi connectivity index (χ0) is 15.7. The van der Waals surface area contributed by atoms with E-state index in [-0.39, 0.29) is 37.3 Å². The summed E-state index contributed by atoms with van der Waals surface area (Å²) < 4.78 is 18.9. The standard InChI is InChI=1S/C15H20FN3O2/c1-2-12(18)8-11-4-5-14(13(16)9-11)21-10-15(20)19-7-3-6-17/h4-5,9,12H,2-3,7-8,10,18H2,1H3,(H,19,20). The number of ether oxygens (including phenoxy) is 1. The lowest BCUT2D eigenvalue weighted by Crippen LogP contribution is -2.29. The van der Waals surface area contributed by atoms with Crippen LogP contribution in [0.5, 0.6) is 5.75 Å². The smallest absolute Gasteiger partial charge is 0.257 e. The molecule has 5 nitrogen and oxygen atoms in total. The van der Waals surface area contributed by atoms with Gasteiger partial charge in [0.05, 0.1) is 12.5 Å². The summed E-state index contributed by atoms with van der Waals surface area (Å²) in [4.78, 5) is 11.4. The predicted molar refractivity (Wildman–Crippen MR) is 77.1 cm³/mol. The summed E-state index contributed by atoms with van der Waals surface area (Å²) in [6.07, 6.45) is 1.65. The lowest BCUT2D eigenvalue weighted by Gasteiger charge is -2.11. The maximum atomic E-state index is 13.8. The Hall–Kier alpha value is -2.13. The van der Waals surface area contributed by atoms with Crippen molar-refractivity contribution in [3.05, 3.63) is 29.6 Å². The Morgan fingerprint density at radius 1 is 1.57 bits per heavy atom. The number of benzene rings is 1. The molecule has 1 rings (SSSR count). The second-order valence-electron chi connectivity index (χ2n) is 4.68. The van der Waals surface area contributed by atoms with E-state index in [2.05, 4.69) is 5.32 Å². The van der Waals surface area contributed by atoms with Gasteiger partial charge in [-0.15, -0.1) is 0 Å². The summed E-state index contributed by atoms with van der Waals surface area (Å²) in [5.74, 6) is -0.874. The maximum Gasteiger partial charge on any atom is 0.257 e. The number of halogens is 1. The van der Waals surface area contributed by atoms with Crippen LogP contribution in [-0.4, -0.2) is 25.1 Å². The number of carbonyl (C=O) groups excluding carboxylic acids is 1. The normalized spacial score (nSPS) is 11.5. The minimum atomic E-state index is -0.513. The molecule has 0 aliphatic heterocycles. The summed E-state index contributed by atoms with van der Waals surface area (Å²) in [7, 11) is 0. The highest BCUT2D eigenvalue weighted by molar-refractivity contribution is 5.77. The molecule has 0 saturated heterocycles. The van der Waals surface area contributed by atoms with Gasteiger partial charge in [0.1, 0.15) is 0 Å². The van der Waals surface area contributed by atoms with Crippen molar-refractivity contribution < 1.29 is 13.9 Å². The Morgan fingerprint density at radius 2 is 2.33 bits per heavy atom. The molecule has 1 unspecified atom stereocenters. The van der Waals surface area contributed by atoms with E-state index >= 15 is 0 Å². The number of amides is 1. The van der Waals surface area contributed by atoms with Crippen LogP contribution in [0.2, 0.25) is 0 Å². The van der Waals surface area contributed by atoms with Gasteiger partial charge in [-0.1, -0.05) is 13.0 Å². The summed E-state index contributed by atoms with van der Waals surface area (Å²) >= 11 is 0. The van der Waals surface area contributed by atoms with E-state index in [1.54, 1.807) is 6.07 Å². The van der Waals surface area contributed by atoms with Gasteiger partial charge in [0.2, 0.25) is 0 Å². The third-order valence-electron chi connectivity index (χ3n) is 2.94. The molecule has 114 valence electrons. The van der Waals surface area contributed by atoms with Crippen LogP contribution >= 0.6 is 0 Å². The van der Waals surface area contributed by atoms with Crippen molar-refractivity contribution in [1.82, 2.24) is 5.32 Å². The number of nitrogens with zero attached hydrogens (tertiary/aromatic N) is 1. The Kier molecular flexibility index (Phi) is 7.19. The molecule has 0 spiro atoms. The van der Waals surface area contributed by atoms with Crippen molar-refractivity contribution >= 4 is 5.91 Å². The van der Waals surface area contributed by atoms with Crippen LogP contribution < -0.4 is 15.8 Å². The molecule has 0 aliphatic rings. The van der Waals surface area contributed by atoms with E-state index in [9.17, 15) is 9.18 Å². The van der Waals surface area contributed by atoms with E-state index < -0.39 is 5.82 Å². The first-order valence-electron chi connectivity index (χ1n) is 6.87. The Balaban J connectivity index is 2.49. The van der Waals surface area contributed by atoms with Crippen molar-refractivity contribution in [1.29, 1.82) is 5.26 Å². The second kappa shape index (κ2) is 8.93. The van der Waals surface area contributed by atoms with Gasteiger partial charge in [0.25, 0.3) is 5.91 Å². The monoisotopic (exact) mass is 293 g/mol. The molecule has 0 aliphatic carbocycles. The quantitative estimate of drug-likeness (QED) is 0.711. The molecular weight excluding hydrogens is 273 g/mol. The highest BCUT2D eigenvalue weighted by Crippen LogP contribution is 2.19. The molecule has 1 aromatic carbocycles. The van der Waals surface area contributed by atoms with Crippen molar-refractivity contribution in [3.8, 4) is 11.8 Å². The zero-order valence-corrected chi connectivity index (χ0v) is 12.1. The van der Waals surface area contributed by atoms with Gasteiger partial charge in [-0.25, -0.2) is 4.39 Å². The van der Waals surface area contributed by atoms with Crippen LogP contribution in [0.3, 0.4) is 0 Å². The molecule has 6 heteroatoms. The number of nitriles is 1. The average molecular weight is 293 g/mol. The number of hydrogen-bond donors (Lipinski definition) is 2. The van der Waals surface area contributed by atoms with Crippen LogP contribution in [-0.2, 0) is 11.2 Å². The first-order chi connectivity index (χ1) is 10.1. The molecule has 3 N–H and O–H groups in total. The molecular formula is C15H20FN3O2. The fourth-order valence-electron chi connectivity index (χ4n) is 1.69. The van der Waals surface area contributed by atoms with E-state index in [1.165, 1.54) is 12.1 Å². The van der Waals surface area contributed by atoms with E-state index in [4.69, 9.17) is 15.7 Å². The van der Waals surface area contributed by atoms with Crippen molar-refractivity contribution in [2.24, 2.45) is 5.73 Å². The lowest BCUT2D eigenvalue weighted by molar-refractivity contribution is -0.123. The Bertz CT molecular complexity index is 514. The van der Waals surface area contributed by atoms with Gasteiger partial charge in [-0.2, -0.15) is 5.26 Å². The van der Waals surface area contributed by atoms with Gasteiger partial charge < -0.3 is 15.8 Å². The molecule has 0 saturated carbocycles. The number of nitrogens with one attached hydrogen (secondary N) is 1. The summed E-state index contributed by atoms with van der Waals surface area (Å²) in [6.45, 7) is 1.95. The highest BCUT2D eigenvalue weighted by Gasteiger charge is 2.09. The van der Waals surface area contributed by atoms with Crippen molar-refractivity contribution in [3.63, 3.8) is 0 Å². The SMILES string of the molecule is CCC(N)Cc1ccc(OCC(=O)NCCC#N)c(F)c1. The zero-order valence-electron chi connectivity index (χ0n) is 12.1. The average Bonchev–Trinajstić information content (AvgIpc) is 2.46. The topological polar surface area (TPSA) is 88.1 Å². The molecule has 0 heterocycles.